The normalized spacial score (nSPS) is 10.3. The van der Waals surface area contributed by atoms with E-state index in [4.69, 9.17) is 9.26 Å². The molecule has 0 aliphatic carbocycles. The summed E-state index contributed by atoms with van der Waals surface area (Å²) in [5.41, 5.74) is 2.06. The van der Waals surface area contributed by atoms with Crippen LogP contribution in [0.5, 0.6) is 5.75 Å². The third-order valence-electron chi connectivity index (χ3n) is 2.16. The summed E-state index contributed by atoms with van der Waals surface area (Å²) in [6.45, 7) is 1.98. The highest BCUT2D eigenvalue weighted by Crippen LogP contribution is 2.29. The fourth-order valence-electron chi connectivity index (χ4n) is 1.38. The number of methoxy groups -OCH3 is 1. The molecule has 2 rings (SSSR count). The van der Waals surface area contributed by atoms with Crippen LogP contribution in [-0.4, -0.2) is 12.3 Å². The number of nitrogens with zero attached hydrogens (tertiary/aromatic N) is 1. The van der Waals surface area contributed by atoms with E-state index in [-0.39, 0.29) is 0 Å². The first-order valence-electron chi connectivity index (χ1n) is 4.47. The molecule has 0 aliphatic heterocycles. The Morgan fingerprint density at radius 3 is 2.73 bits per heavy atom. The summed E-state index contributed by atoms with van der Waals surface area (Å²) in [6, 6.07) is 5.92. The van der Waals surface area contributed by atoms with Crippen LogP contribution in [0.15, 0.2) is 28.9 Å². The van der Waals surface area contributed by atoms with Gasteiger partial charge in [-0.3, -0.25) is 0 Å². The molecule has 0 saturated carbocycles. The first-order chi connectivity index (χ1) is 7.22. The number of ether oxygens (including phenoxy) is 1. The van der Waals surface area contributed by atoms with Gasteiger partial charge in [0.05, 0.1) is 16.9 Å². The highest BCUT2D eigenvalue weighted by molar-refractivity contribution is 14.1. The molecule has 15 heavy (non-hydrogen) atoms. The summed E-state index contributed by atoms with van der Waals surface area (Å²) in [5, 5.41) is 3.76. The molecule has 4 heteroatoms. The fourth-order valence-corrected chi connectivity index (χ4v) is 2.11. The molecule has 0 N–H and O–H groups in total. The summed E-state index contributed by atoms with van der Waals surface area (Å²) in [5.74, 6) is 1.69. The van der Waals surface area contributed by atoms with Crippen molar-refractivity contribution in [2.75, 3.05) is 7.11 Å². The van der Waals surface area contributed by atoms with Crippen molar-refractivity contribution in [1.82, 2.24) is 5.16 Å². The van der Waals surface area contributed by atoms with Gasteiger partial charge in [-0.1, -0.05) is 5.16 Å². The van der Waals surface area contributed by atoms with Gasteiger partial charge in [-0.2, -0.15) is 0 Å². The van der Waals surface area contributed by atoms with Crippen molar-refractivity contribution in [2.45, 2.75) is 6.92 Å². The van der Waals surface area contributed by atoms with Crippen LogP contribution >= 0.6 is 22.6 Å². The molecular weight excluding hydrogens is 305 g/mol. The lowest BCUT2D eigenvalue weighted by molar-refractivity contribution is 0.411. The van der Waals surface area contributed by atoms with E-state index in [1.165, 1.54) is 0 Å². The molecule has 0 unspecified atom stereocenters. The number of aromatic nitrogens is 1. The monoisotopic (exact) mass is 315 g/mol. The number of benzene rings is 1. The van der Waals surface area contributed by atoms with Gasteiger partial charge in [0.25, 0.3) is 0 Å². The van der Waals surface area contributed by atoms with Crippen LogP contribution in [0.4, 0.5) is 0 Å². The quantitative estimate of drug-likeness (QED) is 0.798. The first-order valence-corrected chi connectivity index (χ1v) is 5.55. The molecule has 0 amide bonds. The van der Waals surface area contributed by atoms with E-state index in [0.29, 0.717) is 0 Å². The maximum absolute atomic E-state index is 5.19. The molecule has 78 valence electrons. The second kappa shape index (κ2) is 4.22. The Morgan fingerprint density at radius 1 is 1.40 bits per heavy atom. The van der Waals surface area contributed by atoms with Crippen LogP contribution in [0, 0.1) is 10.5 Å². The van der Waals surface area contributed by atoms with Gasteiger partial charge in [0.1, 0.15) is 5.75 Å². The second-order valence-electron chi connectivity index (χ2n) is 3.19. The molecule has 0 radical (unpaired) electrons. The molecule has 0 bridgehead atoms. The molecule has 1 aromatic heterocycles. The fraction of sp³-hybridized carbons (Fsp3) is 0.182. The van der Waals surface area contributed by atoms with Crippen LogP contribution in [0.25, 0.3) is 11.3 Å². The van der Waals surface area contributed by atoms with Crippen LogP contribution in [-0.2, 0) is 0 Å². The minimum Gasteiger partial charge on any atom is -0.496 e. The van der Waals surface area contributed by atoms with E-state index >= 15 is 0 Å². The minimum atomic E-state index is 0.815. The topological polar surface area (TPSA) is 35.3 Å². The number of rotatable bonds is 2. The van der Waals surface area contributed by atoms with E-state index in [1.54, 1.807) is 13.3 Å². The molecule has 1 aromatic carbocycles. The molecule has 3 nitrogen and oxygen atoms in total. The van der Waals surface area contributed by atoms with Gasteiger partial charge < -0.3 is 9.26 Å². The van der Waals surface area contributed by atoms with Gasteiger partial charge >= 0.3 is 0 Å². The van der Waals surface area contributed by atoms with E-state index in [0.717, 1.165) is 26.2 Å². The van der Waals surface area contributed by atoms with Gasteiger partial charge in [0.15, 0.2) is 5.76 Å². The van der Waals surface area contributed by atoms with E-state index in [1.807, 2.05) is 25.1 Å². The van der Waals surface area contributed by atoms with Crippen molar-refractivity contribution < 1.29 is 9.26 Å². The van der Waals surface area contributed by atoms with Gasteiger partial charge in [-0.25, -0.2) is 0 Å². The summed E-state index contributed by atoms with van der Waals surface area (Å²) < 4.78 is 11.4. The van der Waals surface area contributed by atoms with Gasteiger partial charge in [0, 0.05) is 11.1 Å². The lowest BCUT2D eigenvalue weighted by Crippen LogP contribution is -1.87. The second-order valence-corrected chi connectivity index (χ2v) is 4.35. The first kappa shape index (κ1) is 10.5. The number of hydrogen-bond donors (Lipinski definition) is 0. The lowest BCUT2D eigenvalue weighted by Gasteiger charge is -2.04. The Hall–Kier alpha value is -1.04. The number of hydrogen-bond acceptors (Lipinski definition) is 3. The zero-order valence-corrected chi connectivity index (χ0v) is 10.6. The van der Waals surface area contributed by atoms with Crippen molar-refractivity contribution in [1.29, 1.82) is 0 Å². The van der Waals surface area contributed by atoms with Crippen molar-refractivity contribution >= 4 is 22.6 Å². The highest BCUT2D eigenvalue weighted by atomic mass is 127. The third kappa shape index (κ3) is 1.99. The number of halogens is 1. The van der Waals surface area contributed by atoms with Crippen LogP contribution in [0.1, 0.15) is 5.56 Å². The average molecular weight is 315 g/mol. The Kier molecular flexibility index (Phi) is 2.95. The molecule has 2 aromatic rings. The molecule has 0 aliphatic rings. The Labute approximate surface area is 102 Å². The molecule has 0 atom stereocenters. The van der Waals surface area contributed by atoms with Crippen LogP contribution in [0.2, 0.25) is 0 Å². The highest BCUT2D eigenvalue weighted by Gasteiger charge is 2.09. The van der Waals surface area contributed by atoms with Crippen molar-refractivity contribution in [3.05, 3.63) is 33.5 Å². The molecule has 1 heterocycles. The summed E-state index contributed by atoms with van der Waals surface area (Å²) in [6.07, 6.45) is 1.71. The Morgan fingerprint density at radius 2 is 2.20 bits per heavy atom. The van der Waals surface area contributed by atoms with Crippen molar-refractivity contribution in [3.63, 3.8) is 0 Å². The standard InChI is InChI=1S/C11H10INO2/c1-7-6-13-15-11(7)8-3-4-10(14-2)9(12)5-8/h3-6H,1-2H3. The van der Waals surface area contributed by atoms with Gasteiger partial charge in [-0.05, 0) is 47.7 Å². The molecule has 0 spiro atoms. The average Bonchev–Trinajstić information content (AvgIpc) is 2.64. The zero-order chi connectivity index (χ0) is 10.8. The number of aryl methyl sites for hydroxylation is 1. The Balaban J connectivity index is 2.47. The third-order valence-corrected chi connectivity index (χ3v) is 3.01. The van der Waals surface area contributed by atoms with E-state index in [9.17, 15) is 0 Å². The SMILES string of the molecule is COc1ccc(-c2oncc2C)cc1I. The van der Waals surface area contributed by atoms with E-state index in [2.05, 4.69) is 27.7 Å². The lowest BCUT2D eigenvalue weighted by atomic mass is 10.1. The van der Waals surface area contributed by atoms with Crippen LogP contribution < -0.4 is 4.74 Å². The van der Waals surface area contributed by atoms with Gasteiger partial charge in [0.2, 0.25) is 0 Å². The zero-order valence-electron chi connectivity index (χ0n) is 8.45. The van der Waals surface area contributed by atoms with Crippen LogP contribution in [0.3, 0.4) is 0 Å². The molecular formula is C11H10INO2. The largest absolute Gasteiger partial charge is 0.496 e. The van der Waals surface area contributed by atoms with Gasteiger partial charge in [-0.15, -0.1) is 0 Å². The molecule has 0 fully saturated rings. The summed E-state index contributed by atoms with van der Waals surface area (Å²) in [4.78, 5) is 0. The van der Waals surface area contributed by atoms with E-state index < -0.39 is 0 Å². The predicted molar refractivity (Wildman–Crippen MR) is 65.9 cm³/mol. The maximum Gasteiger partial charge on any atom is 0.169 e. The molecule has 0 saturated heterocycles. The summed E-state index contributed by atoms with van der Waals surface area (Å²) in [7, 11) is 1.66. The Bertz CT molecular complexity index is 479. The van der Waals surface area contributed by atoms with Crippen molar-refractivity contribution in [3.8, 4) is 17.1 Å². The predicted octanol–water partition coefficient (Wildman–Crippen LogP) is 3.26. The maximum atomic E-state index is 5.19. The minimum absolute atomic E-state index is 0.815. The van der Waals surface area contributed by atoms with Crippen molar-refractivity contribution in [2.24, 2.45) is 0 Å². The smallest absolute Gasteiger partial charge is 0.169 e. The summed E-state index contributed by atoms with van der Waals surface area (Å²) >= 11 is 2.24.